The minimum absolute atomic E-state index is 0.0552. The first-order valence-electron chi connectivity index (χ1n) is 8.08. The van der Waals surface area contributed by atoms with Gasteiger partial charge in [0.2, 0.25) is 0 Å². The van der Waals surface area contributed by atoms with Crippen molar-refractivity contribution in [2.45, 2.75) is 13.3 Å². The van der Waals surface area contributed by atoms with Crippen LogP contribution in [-0.2, 0) is 4.84 Å². The molecular weight excluding hydrogens is 340 g/mol. The van der Waals surface area contributed by atoms with Crippen LogP contribution in [-0.4, -0.2) is 19.1 Å². The van der Waals surface area contributed by atoms with Crippen molar-refractivity contribution in [3.8, 4) is 0 Å². The summed E-state index contributed by atoms with van der Waals surface area (Å²) in [6.45, 7) is 5.99. The third kappa shape index (κ3) is 4.65. The van der Waals surface area contributed by atoms with Crippen LogP contribution in [0.1, 0.15) is 27.9 Å². The number of nitrogens with two attached hydrogens (primary N) is 1. The lowest BCUT2D eigenvalue weighted by Crippen LogP contribution is -2.26. The summed E-state index contributed by atoms with van der Waals surface area (Å²) in [5.41, 5.74) is 8.72. The van der Waals surface area contributed by atoms with Gasteiger partial charge in [0.1, 0.15) is 11.6 Å². The highest BCUT2D eigenvalue weighted by atomic mass is 19.1. The van der Waals surface area contributed by atoms with Gasteiger partial charge in [0.05, 0.1) is 23.5 Å². The molecule has 138 valence electrons. The van der Waals surface area contributed by atoms with Gasteiger partial charge in [0.15, 0.2) is 0 Å². The predicted molar refractivity (Wildman–Crippen MR) is 98.0 cm³/mol. The fraction of sp³-hybridized carbons (Fsp3) is 0.211. The molecule has 2 aromatic rings. The Morgan fingerprint density at radius 2 is 2.04 bits per heavy atom. The van der Waals surface area contributed by atoms with Gasteiger partial charge in [-0.1, -0.05) is 18.7 Å². The molecule has 0 heterocycles. The molecule has 0 spiro atoms. The molecule has 5 nitrogen and oxygen atoms in total. The second-order valence-corrected chi connectivity index (χ2v) is 5.62. The van der Waals surface area contributed by atoms with Crippen LogP contribution >= 0.6 is 0 Å². The molecule has 0 radical (unpaired) electrons. The number of amides is 1. The van der Waals surface area contributed by atoms with E-state index in [0.29, 0.717) is 13.0 Å². The van der Waals surface area contributed by atoms with Crippen LogP contribution in [0.15, 0.2) is 36.9 Å². The van der Waals surface area contributed by atoms with E-state index in [2.05, 4.69) is 17.4 Å². The smallest absolute Gasteiger partial charge is 0.276 e. The van der Waals surface area contributed by atoms with Gasteiger partial charge in [-0.25, -0.2) is 14.3 Å². The summed E-state index contributed by atoms with van der Waals surface area (Å²) in [5, 5.41) is 2.79. The fourth-order valence-electron chi connectivity index (χ4n) is 2.30. The number of hydrogen-bond acceptors (Lipinski definition) is 4. The second kappa shape index (κ2) is 9.07. The molecule has 1 amide bonds. The van der Waals surface area contributed by atoms with Crippen LogP contribution in [0.2, 0.25) is 0 Å². The second-order valence-electron chi connectivity index (χ2n) is 5.62. The number of nitrogens with one attached hydrogen (secondary N) is 2. The van der Waals surface area contributed by atoms with Crippen LogP contribution in [0.4, 0.5) is 20.2 Å². The van der Waals surface area contributed by atoms with Crippen molar-refractivity contribution in [3.63, 3.8) is 0 Å². The molecule has 0 aliphatic rings. The first-order valence-corrected chi connectivity index (χ1v) is 8.08. The van der Waals surface area contributed by atoms with Crippen molar-refractivity contribution in [1.29, 1.82) is 0 Å². The summed E-state index contributed by atoms with van der Waals surface area (Å²) in [6, 6.07) is 6.99. The van der Waals surface area contributed by atoms with Gasteiger partial charge < -0.3 is 11.1 Å². The highest BCUT2D eigenvalue weighted by Crippen LogP contribution is 2.30. The highest BCUT2D eigenvalue weighted by Gasteiger charge is 2.18. The molecule has 0 saturated carbocycles. The van der Waals surface area contributed by atoms with Crippen molar-refractivity contribution in [2.75, 3.05) is 18.5 Å². The van der Waals surface area contributed by atoms with Gasteiger partial charge in [-0.3, -0.25) is 9.63 Å². The molecule has 2 aromatic carbocycles. The number of rotatable bonds is 8. The van der Waals surface area contributed by atoms with E-state index in [-0.39, 0.29) is 29.1 Å². The molecule has 26 heavy (non-hydrogen) atoms. The van der Waals surface area contributed by atoms with Gasteiger partial charge in [0.25, 0.3) is 5.91 Å². The number of benzene rings is 2. The summed E-state index contributed by atoms with van der Waals surface area (Å²) in [7, 11) is 0. The monoisotopic (exact) mass is 361 g/mol. The lowest BCUT2D eigenvalue weighted by atomic mass is 10.0. The largest absolute Gasteiger partial charge is 0.352 e. The predicted octanol–water partition coefficient (Wildman–Crippen LogP) is 3.67. The summed E-state index contributed by atoms with van der Waals surface area (Å²) >= 11 is 0. The minimum Gasteiger partial charge on any atom is -0.352 e. The van der Waals surface area contributed by atoms with E-state index < -0.39 is 17.5 Å². The molecular formula is C19H21F2N3O2. The van der Waals surface area contributed by atoms with Crippen molar-refractivity contribution in [2.24, 2.45) is 5.73 Å². The van der Waals surface area contributed by atoms with E-state index in [1.165, 1.54) is 24.3 Å². The topological polar surface area (TPSA) is 76.4 Å². The molecule has 0 aliphatic carbocycles. The number of hydrogen-bond donors (Lipinski definition) is 3. The van der Waals surface area contributed by atoms with E-state index >= 15 is 0 Å². The number of carbonyl (C=O) groups is 1. The van der Waals surface area contributed by atoms with Crippen LogP contribution in [0.3, 0.4) is 0 Å². The van der Waals surface area contributed by atoms with Crippen molar-refractivity contribution >= 4 is 23.4 Å². The van der Waals surface area contributed by atoms with E-state index in [9.17, 15) is 13.6 Å². The van der Waals surface area contributed by atoms with Crippen molar-refractivity contribution < 1.29 is 18.4 Å². The zero-order valence-corrected chi connectivity index (χ0v) is 14.4. The highest BCUT2D eigenvalue weighted by molar-refractivity contribution is 6.01. The summed E-state index contributed by atoms with van der Waals surface area (Å²) in [5.74, 6) is -1.70. The molecule has 2 rings (SSSR count). The summed E-state index contributed by atoms with van der Waals surface area (Å²) in [6.07, 6.45) is 1.83. The zero-order valence-electron chi connectivity index (χ0n) is 14.4. The Morgan fingerprint density at radius 1 is 1.27 bits per heavy atom. The zero-order chi connectivity index (χ0) is 19.1. The molecule has 0 atom stereocenters. The van der Waals surface area contributed by atoms with Gasteiger partial charge in [0, 0.05) is 5.56 Å². The SMILES string of the molecule is C=Cc1c(F)ccc(C(=O)NOCCCN)c1Nc1ccc(C)cc1F. The van der Waals surface area contributed by atoms with Crippen molar-refractivity contribution in [3.05, 3.63) is 65.2 Å². The maximum Gasteiger partial charge on any atom is 0.276 e. The van der Waals surface area contributed by atoms with Crippen LogP contribution in [0, 0.1) is 18.6 Å². The Morgan fingerprint density at radius 3 is 2.69 bits per heavy atom. The molecule has 0 bridgehead atoms. The molecule has 0 fully saturated rings. The Hall–Kier alpha value is -2.77. The van der Waals surface area contributed by atoms with E-state index in [1.807, 2.05) is 0 Å². The third-order valence-electron chi connectivity index (χ3n) is 3.64. The van der Waals surface area contributed by atoms with Gasteiger partial charge in [-0.2, -0.15) is 0 Å². The van der Waals surface area contributed by atoms with E-state index in [4.69, 9.17) is 10.6 Å². The maximum absolute atomic E-state index is 14.2. The first-order chi connectivity index (χ1) is 12.5. The number of aryl methyl sites for hydroxylation is 1. The number of carbonyl (C=O) groups excluding carboxylic acids is 1. The molecule has 0 aromatic heterocycles. The number of anilines is 2. The Balaban J connectivity index is 2.36. The maximum atomic E-state index is 14.2. The van der Waals surface area contributed by atoms with Crippen LogP contribution in [0.25, 0.3) is 6.08 Å². The Kier molecular flexibility index (Phi) is 6.82. The van der Waals surface area contributed by atoms with E-state index in [1.54, 1.807) is 13.0 Å². The third-order valence-corrected chi connectivity index (χ3v) is 3.64. The first kappa shape index (κ1) is 19.6. The molecule has 0 saturated heterocycles. The van der Waals surface area contributed by atoms with Crippen LogP contribution < -0.4 is 16.5 Å². The van der Waals surface area contributed by atoms with Crippen LogP contribution in [0.5, 0.6) is 0 Å². The molecule has 0 unspecified atom stereocenters. The lowest BCUT2D eigenvalue weighted by Gasteiger charge is -2.16. The van der Waals surface area contributed by atoms with E-state index in [0.717, 1.165) is 11.6 Å². The number of halogens is 2. The fourth-order valence-corrected chi connectivity index (χ4v) is 2.30. The lowest BCUT2D eigenvalue weighted by molar-refractivity contribution is 0.0310. The number of hydroxylamine groups is 1. The van der Waals surface area contributed by atoms with Crippen molar-refractivity contribution in [1.82, 2.24) is 5.48 Å². The standard InChI is InChI=1S/C19H21F2N3O2/c1-3-13-15(20)7-6-14(19(25)24-26-10-4-9-22)18(13)23-17-8-5-12(2)11-16(17)21/h3,5-8,11,23H,1,4,9-10,22H2,2H3,(H,24,25). The average Bonchev–Trinajstić information content (AvgIpc) is 2.61. The normalized spacial score (nSPS) is 10.5. The molecule has 7 heteroatoms. The van der Waals surface area contributed by atoms with Gasteiger partial charge in [-0.15, -0.1) is 0 Å². The quantitative estimate of drug-likeness (QED) is 0.495. The molecule has 4 N–H and O–H groups in total. The van der Waals surface area contributed by atoms with Gasteiger partial charge in [-0.05, 0) is 49.7 Å². The molecule has 0 aliphatic heterocycles. The summed E-state index contributed by atoms with van der Waals surface area (Å²) < 4.78 is 28.3. The summed E-state index contributed by atoms with van der Waals surface area (Å²) in [4.78, 5) is 17.4. The van der Waals surface area contributed by atoms with Gasteiger partial charge >= 0.3 is 0 Å². The Labute approximate surface area is 150 Å². The average molecular weight is 361 g/mol. The minimum atomic E-state index is -0.597. The Bertz CT molecular complexity index is 810.